The summed E-state index contributed by atoms with van der Waals surface area (Å²) in [4.78, 5) is 55.2. The minimum Gasteiger partial charge on any atom is -0.494 e. The zero-order chi connectivity index (χ0) is 46.9. The molecule has 7 aromatic rings. The van der Waals surface area contributed by atoms with Gasteiger partial charge in [0.2, 0.25) is 17.7 Å². The number of ether oxygens (including phenoxy) is 1. The van der Waals surface area contributed by atoms with Gasteiger partial charge in [-0.05, 0) is 59.8 Å². The molecule has 0 radical (unpaired) electrons. The van der Waals surface area contributed by atoms with Crippen LogP contribution in [0.15, 0.2) is 119 Å². The van der Waals surface area contributed by atoms with E-state index in [-0.39, 0.29) is 54.8 Å². The number of carbonyl (C=O) groups excluding carboxylic acids is 3. The summed E-state index contributed by atoms with van der Waals surface area (Å²) in [5.74, 6) is -1.17. The Morgan fingerprint density at radius 2 is 1.73 bits per heavy atom. The molecule has 1 aliphatic rings. The first kappa shape index (κ1) is 47.1. The number of aromatic hydroxyl groups is 1. The number of nitrogens with one attached hydrogen (secondary N) is 3. The van der Waals surface area contributed by atoms with Crippen molar-refractivity contribution in [2.75, 3.05) is 30.5 Å². The number of aryl methyl sites for hydroxylation is 1. The summed E-state index contributed by atoms with van der Waals surface area (Å²) in [6.45, 7) is 1.21. The van der Waals surface area contributed by atoms with Crippen molar-refractivity contribution in [2.24, 2.45) is 10.1 Å². The molecule has 0 aliphatic carbocycles. The normalized spacial score (nSPS) is 13.0. The summed E-state index contributed by atoms with van der Waals surface area (Å²) >= 11 is 26.7. The van der Waals surface area contributed by atoms with Crippen LogP contribution in [-0.2, 0) is 38.8 Å². The van der Waals surface area contributed by atoms with E-state index in [0.29, 0.717) is 91.6 Å². The average Bonchev–Trinajstić information content (AvgIpc) is 4.15. The lowest BCUT2D eigenvalue weighted by atomic mass is 10.0. The molecule has 1 unspecified atom stereocenters. The smallest absolute Gasteiger partial charge is 0.248 e. The second-order valence-corrected chi connectivity index (χ2v) is 17.6. The molecular weight excluding hydrogens is 960 g/mol. The monoisotopic (exact) mass is 999 g/mol. The van der Waals surface area contributed by atoms with Gasteiger partial charge in [-0.25, -0.2) is 4.99 Å². The van der Waals surface area contributed by atoms with Gasteiger partial charge >= 0.3 is 0 Å². The van der Waals surface area contributed by atoms with Crippen molar-refractivity contribution in [3.05, 3.63) is 151 Å². The Morgan fingerprint density at radius 3 is 2.52 bits per heavy atom. The molecular formula is C47H41Cl4N9O6S. The number of alkyl halides is 1. The van der Waals surface area contributed by atoms with Crippen LogP contribution >= 0.6 is 57.7 Å². The van der Waals surface area contributed by atoms with E-state index in [1.165, 1.54) is 16.2 Å². The summed E-state index contributed by atoms with van der Waals surface area (Å²) in [6, 6.07) is 28.0. The van der Waals surface area contributed by atoms with E-state index in [1.807, 2.05) is 66.0 Å². The maximum absolute atomic E-state index is 13.7. The number of thiophene rings is 1. The van der Waals surface area contributed by atoms with Crippen molar-refractivity contribution in [3.8, 4) is 11.6 Å². The Hall–Kier alpha value is -6.43. The van der Waals surface area contributed by atoms with Crippen molar-refractivity contribution in [1.82, 2.24) is 30.6 Å². The van der Waals surface area contributed by atoms with Crippen molar-refractivity contribution in [2.45, 2.75) is 38.5 Å². The third kappa shape index (κ3) is 11.2. The van der Waals surface area contributed by atoms with Crippen LogP contribution in [-0.4, -0.2) is 79.8 Å². The van der Waals surface area contributed by atoms with Gasteiger partial charge in [-0.15, -0.1) is 28.0 Å². The average molecular weight is 1000 g/mol. The van der Waals surface area contributed by atoms with Gasteiger partial charge in [0, 0.05) is 47.4 Å². The Labute approximate surface area is 408 Å². The van der Waals surface area contributed by atoms with Crippen LogP contribution in [0.25, 0.3) is 10.9 Å². The number of carbonyl (C=O) groups is 3. The number of anilines is 1. The number of rotatable bonds is 20. The fourth-order valence-electron chi connectivity index (χ4n) is 7.35. The second-order valence-electron chi connectivity index (χ2n) is 15.1. The van der Waals surface area contributed by atoms with E-state index >= 15 is 0 Å². The fourth-order valence-corrected chi connectivity index (χ4v) is 8.85. The maximum Gasteiger partial charge on any atom is 0.248 e. The Kier molecular flexibility index (Phi) is 15.4. The van der Waals surface area contributed by atoms with E-state index in [1.54, 1.807) is 47.3 Å². The van der Waals surface area contributed by atoms with Crippen molar-refractivity contribution < 1.29 is 29.1 Å². The third-order valence-electron chi connectivity index (χ3n) is 10.5. The molecule has 4 aromatic carbocycles. The van der Waals surface area contributed by atoms with Gasteiger partial charge in [0.05, 0.1) is 44.6 Å². The molecule has 0 spiro atoms. The number of hydrogen-bond donors (Lipinski definition) is 4. The van der Waals surface area contributed by atoms with Gasteiger partial charge in [0.25, 0.3) is 0 Å². The predicted octanol–water partition coefficient (Wildman–Crippen LogP) is 9.19. The first-order valence-corrected chi connectivity index (χ1v) is 23.5. The Bertz CT molecular complexity index is 2960. The summed E-state index contributed by atoms with van der Waals surface area (Å²) in [5.41, 5.74) is 5.21. The lowest BCUT2D eigenvalue weighted by Gasteiger charge is -2.30. The lowest BCUT2D eigenvalue weighted by Crippen LogP contribution is -2.44. The van der Waals surface area contributed by atoms with Gasteiger partial charge < -0.3 is 30.3 Å². The number of oxime groups is 1. The molecule has 20 heteroatoms. The van der Waals surface area contributed by atoms with Crippen LogP contribution in [0.5, 0.6) is 11.6 Å². The number of amides is 3. The molecule has 1 aliphatic heterocycles. The van der Waals surface area contributed by atoms with Crippen LogP contribution in [0.1, 0.15) is 46.1 Å². The summed E-state index contributed by atoms with van der Waals surface area (Å²) in [7, 11) is 0. The van der Waals surface area contributed by atoms with Crippen molar-refractivity contribution >= 4 is 109 Å². The topological polar surface area (TPSA) is 188 Å². The SMILES string of the molecule is O=C(CCn1cc(COc2ccc(N(C(=O)CCl)C(C(=O)NCCc3ccccc3)c3cccs3)cc2Cl)nn1)NCCCO/N=C1/C(c2c(O)[nH]c3cc(Cl)c(Cl)cc23)=Nc2ccccc21. The van der Waals surface area contributed by atoms with Gasteiger partial charge in [-0.3, -0.25) is 24.0 Å². The standard InChI is InChI=1S/C47H41Cl4N9O6S/c48-25-41(62)60(45(39-12-6-21-67-39)47(64)53-18-15-28-8-2-1-3-9-28)30-13-14-38(35(51)22-30)65-27-29-26-59(58-56-29)19-16-40(61)52-17-7-20-66-57-43-31-10-4-5-11-36(31)54-44(43)42-32-23-33(49)34(50)24-37(32)55-46(42)63/h1-6,8-14,21-24,26,45,55,63H,7,15-20,25,27H2,(H,52,61)(H,53,64)/b57-43+. The predicted molar refractivity (Wildman–Crippen MR) is 262 cm³/mol. The largest absolute Gasteiger partial charge is 0.494 e. The highest BCUT2D eigenvalue weighted by Gasteiger charge is 2.34. The zero-order valence-corrected chi connectivity index (χ0v) is 39.3. The van der Waals surface area contributed by atoms with Crippen molar-refractivity contribution in [1.29, 1.82) is 0 Å². The molecule has 0 saturated carbocycles. The van der Waals surface area contributed by atoms with Crippen LogP contribution in [0.3, 0.4) is 0 Å². The minimum absolute atomic E-state index is 0.0204. The van der Waals surface area contributed by atoms with E-state index in [9.17, 15) is 19.5 Å². The van der Waals surface area contributed by atoms with E-state index < -0.39 is 11.9 Å². The number of para-hydroxylation sites is 1. The van der Waals surface area contributed by atoms with Crippen LogP contribution < -0.4 is 20.3 Å². The number of aromatic amines is 1. The highest BCUT2D eigenvalue weighted by molar-refractivity contribution is 7.10. The minimum atomic E-state index is -0.987. The summed E-state index contributed by atoms with van der Waals surface area (Å²) in [6.07, 6.45) is 2.91. The molecule has 8 rings (SSSR count). The molecule has 344 valence electrons. The molecule has 15 nitrogen and oxygen atoms in total. The number of hydrogen-bond acceptors (Lipinski definition) is 11. The second kappa shape index (κ2) is 21.9. The number of halogens is 4. The molecule has 3 aromatic heterocycles. The molecule has 4 heterocycles. The molecule has 1 atom stereocenters. The van der Waals surface area contributed by atoms with E-state index in [0.717, 1.165) is 11.1 Å². The molecule has 4 N–H and O–H groups in total. The number of H-pyrrole nitrogens is 1. The maximum atomic E-state index is 13.7. The fraction of sp³-hybridized carbons (Fsp3) is 0.213. The first-order valence-electron chi connectivity index (χ1n) is 21.0. The van der Waals surface area contributed by atoms with Gasteiger partial charge in [0.15, 0.2) is 5.88 Å². The number of aliphatic imine (C=N–C) groups is 1. The van der Waals surface area contributed by atoms with Gasteiger partial charge in [0.1, 0.15) is 48.0 Å². The molecule has 0 saturated heterocycles. The molecule has 0 fully saturated rings. The van der Waals surface area contributed by atoms with Crippen molar-refractivity contribution in [3.63, 3.8) is 0 Å². The van der Waals surface area contributed by atoms with E-state index in [2.05, 4.69) is 31.1 Å². The quantitative estimate of drug-likeness (QED) is 0.0330. The molecule has 3 amide bonds. The summed E-state index contributed by atoms with van der Waals surface area (Å²) in [5, 5.41) is 32.8. The zero-order valence-electron chi connectivity index (χ0n) is 35.4. The summed E-state index contributed by atoms with van der Waals surface area (Å²) < 4.78 is 7.51. The van der Waals surface area contributed by atoms with Crippen LogP contribution in [0.4, 0.5) is 11.4 Å². The lowest BCUT2D eigenvalue weighted by molar-refractivity contribution is -0.125. The highest BCUT2D eigenvalue weighted by atomic mass is 35.5. The van der Waals surface area contributed by atoms with Gasteiger partial charge in [-0.1, -0.05) is 99.8 Å². The Balaban J connectivity index is 0.807. The number of fused-ring (bicyclic) bond motifs is 2. The first-order chi connectivity index (χ1) is 32.6. The Morgan fingerprint density at radius 1 is 0.925 bits per heavy atom. The highest BCUT2D eigenvalue weighted by Crippen LogP contribution is 2.39. The van der Waals surface area contributed by atoms with Crippen LogP contribution in [0, 0.1) is 0 Å². The number of aromatic nitrogens is 4. The van der Waals surface area contributed by atoms with Gasteiger partial charge in [-0.2, -0.15) is 0 Å². The van der Waals surface area contributed by atoms with Crippen LogP contribution in [0.2, 0.25) is 15.1 Å². The van der Waals surface area contributed by atoms with E-state index in [4.69, 9.17) is 61.0 Å². The molecule has 0 bridgehead atoms. The number of nitrogens with zero attached hydrogens (tertiary/aromatic N) is 6. The number of benzene rings is 4. The molecule has 67 heavy (non-hydrogen) atoms. The third-order valence-corrected chi connectivity index (χ3v) is 12.7.